The van der Waals surface area contributed by atoms with Crippen molar-refractivity contribution in [3.63, 3.8) is 0 Å². The molecule has 1 N–H and O–H groups in total. The maximum absolute atomic E-state index is 4.86. The number of hydrogen-bond acceptors (Lipinski definition) is 4. The Kier molecular flexibility index (Phi) is 4.19. The number of thiazole rings is 1. The van der Waals surface area contributed by atoms with Crippen molar-refractivity contribution in [3.05, 3.63) is 44.1 Å². The zero-order valence-corrected chi connectivity index (χ0v) is 14.1. The molecule has 3 nitrogen and oxygen atoms in total. The minimum absolute atomic E-state index is 0.135. The highest BCUT2D eigenvalue weighted by atomic mass is 79.9. The summed E-state index contributed by atoms with van der Waals surface area (Å²) in [6.07, 6.45) is 7.33. The Hall–Kier alpha value is -0.780. The summed E-state index contributed by atoms with van der Waals surface area (Å²) in [5, 5.41) is 4.79. The molecule has 0 aliphatic heterocycles. The van der Waals surface area contributed by atoms with Gasteiger partial charge in [-0.1, -0.05) is 0 Å². The van der Waals surface area contributed by atoms with Crippen LogP contribution < -0.4 is 5.32 Å². The topological polar surface area (TPSA) is 37.8 Å². The number of fused-ring (bicyclic) bond motifs is 1. The maximum atomic E-state index is 4.86. The molecule has 106 valence electrons. The van der Waals surface area contributed by atoms with Gasteiger partial charge in [0.2, 0.25) is 0 Å². The second-order valence-corrected chi connectivity index (χ2v) is 7.50. The molecule has 0 amide bonds. The van der Waals surface area contributed by atoms with Gasteiger partial charge in [-0.15, -0.1) is 11.3 Å². The van der Waals surface area contributed by atoms with Crippen LogP contribution in [0.4, 0.5) is 0 Å². The molecule has 0 spiro atoms. The number of pyridine rings is 1. The molecule has 1 unspecified atom stereocenters. The van der Waals surface area contributed by atoms with Gasteiger partial charge >= 0.3 is 0 Å². The van der Waals surface area contributed by atoms with Crippen molar-refractivity contribution in [3.8, 4) is 0 Å². The van der Waals surface area contributed by atoms with Crippen molar-refractivity contribution < 1.29 is 0 Å². The number of halogens is 1. The lowest BCUT2D eigenvalue weighted by molar-refractivity contribution is 0.525. The number of aryl methyl sites for hydroxylation is 2. The van der Waals surface area contributed by atoms with Crippen LogP contribution >= 0.6 is 27.3 Å². The molecular weight excluding hydrogens is 334 g/mol. The zero-order chi connectivity index (χ0) is 14.1. The first-order chi connectivity index (χ1) is 9.63. The fraction of sp³-hybridized carbons (Fsp3) is 0.467. The van der Waals surface area contributed by atoms with E-state index in [0.29, 0.717) is 6.04 Å². The van der Waals surface area contributed by atoms with Gasteiger partial charge in [-0.3, -0.25) is 4.98 Å². The van der Waals surface area contributed by atoms with Crippen molar-refractivity contribution in [2.75, 3.05) is 0 Å². The van der Waals surface area contributed by atoms with Gasteiger partial charge in [0.15, 0.2) is 0 Å². The number of nitrogens with one attached hydrogen (secondary N) is 1. The second-order valence-electron chi connectivity index (χ2n) is 5.47. The molecule has 0 radical (unpaired) electrons. The first-order valence-corrected chi connectivity index (χ1v) is 8.59. The Morgan fingerprint density at radius 2 is 2.15 bits per heavy atom. The summed E-state index contributed by atoms with van der Waals surface area (Å²) in [5.41, 5.74) is 2.48. The minimum Gasteiger partial charge on any atom is -0.302 e. The predicted molar refractivity (Wildman–Crippen MR) is 86.2 cm³/mol. The Bertz CT molecular complexity index is 587. The molecule has 1 atom stereocenters. The lowest BCUT2D eigenvalue weighted by Gasteiger charge is -2.19. The molecule has 3 rings (SSSR count). The van der Waals surface area contributed by atoms with Gasteiger partial charge in [-0.25, -0.2) is 4.98 Å². The molecule has 0 saturated heterocycles. The molecule has 0 aromatic carbocycles. The van der Waals surface area contributed by atoms with E-state index in [0.717, 1.165) is 10.9 Å². The van der Waals surface area contributed by atoms with Crippen LogP contribution in [0.5, 0.6) is 0 Å². The van der Waals surface area contributed by atoms with Crippen molar-refractivity contribution in [2.45, 2.75) is 45.2 Å². The molecule has 1 aliphatic carbocycles. The number of hydrogen-bond donors (Lipinski definition) is 1. The highest BCUT2D eigenvalue weighted by Gasteiger charge is 2.24. The molecule has 1 aliphatic rings. The molecule has 0 fully saturated rings. The van der Waals surface area contributed by atoms with E-state index in [2.05, 4.69) is 46.1 Å². The number of aromatic nitrogens is 2. The quantitative estimate of drug-likeness (QED) is 0.908. The van der Waals surface area contributed by atoms with E-state index in [4.69, 9.17) is 4.98 Å². The third-order valence-corrected chi connectivity index (χ3v) is 5.07. The average Bonchev–Trinajstić information content (AvgIpc) is 2.96. The second kappa shape index (κ2) is 5.92. The Balaban J connectivity index is 1.96. The number of rotatable bonds is 4. The van der Waals surface area contributed by atoms with Crippen LogP contribution in [0.3, 0.4) is 0 Å². The summed E-state index contributed by atoms with van der Waals surface area (Å²) in [5.74, 6) is 0. The maximum Gasteiger partial charge on any atom is 0.115 e. The normalized spacial score (nSPS) is 15.6. The summed E-state index contributed by atoms with van der Waals surface area (Å²) in [4.78, 5) is 10.6. The van der Waals surface area contributed by atoms with Crippen LogP contribution in [0, 0.1) is 0 Å². The van der Waals surface area contributed by atoms with Gasteiger partial charge in [0.05, 0.1) is 11.7 Å². The van der Waals surface area contributed by atoms with Crippen molar-refractivity contribution in [2.24, 2.45) is 0 Å². The largest absolute Gasteiger partial charge is 0.302 e. The standard InChI is InChI=1S/C15H18BrN3S/c1-9(2)18-14(10-6-11(16)8-17-7-10)15-19-12-4-3-5-13(12)20-15/h6-9,14,18H,3-5H2,1-2H3. The van der Waals surface area contributed by atoms with Gasteiger partial charge in [0.1, 0.15) is 5.01 Å². The third kappa shape index (κ3) is 2.95. The first-order valence-electron chi connectivity index (χ1n) is 6.98. The van der Waals surface area contributed by atoms with Crippen LogP contribution in [0.1, 0.15) is 47.5 Å². The van der Waals surface area contributed by atoms with E-state index in [1.807, 2.05) is 23.7 Å². The summed E-state index contributed by atoms with van der Waals surface area (Å²) < 4.78 is 1.01. The summed E-state index contributed by atoms with van der Waals surface area (Å²) in [7, 11) is 0. The fourth-order valence-corrected chi connectivity index (χ4v) is 4.19. The van der Waals surface area contributed by atoms with Gasteiger partial charge in [-0.2, -0.15) is 0 Å². The average molecular weight is 352 g/mol. The van der Waals surface area contributed by atoms with Crippen molar-refractivity contribution in [1.29, 1.82) is 0 Å². The van der Waals surface area contributed by atoms with Crippen LogP contribution in [0.25, 0.3) is 0 Å². The van der Waals surface area contributed by atoms with Gasteiger partial charge in [0.25, 0.3) is 0 Å². The third-order valence-electron chi connectivity index (χ3n) is 3.42. The molecule has 2 heterocycles. The number of nitrogens with zero attached hydrogens (tertiary/aromatic N) is 2. The predicted octanol–water partition coefficient (Wildman–Crippen LogP) is 3.88. The Morgan fingerprint density at radius 1 is 1.30 bits per heavy atom. The van der Waals surface area contributed by atoms with E-state index in [1.165, 1.54) is 34.0 Å². The fourth-order valence-electron chi connectivity index (χ4n) is 2.56. The lowest BCUT2D eigenvalue weighted by atomic mass is 10.1. The summed E-state index contributed by atoms with van der Waals surface area (Å²) in [6.45, 7) is 4.33. The van der Waals surface area contributed by atoms with Crippen molar-refractivity contribution in [1.82, 2.24) is 15.3 Å². The van der Waals surface area contributed by atoms with Gasteiger partial charge < -0.3 is 5.32 Å². The monoisotopic (exact) mass is 351 g/mol. The van der Waals surface area contributed by atoms with Crippen LogP contribution in [0.15, 0.2) is 22.9 Å². The molecule has 0 bridgehead atoms. The van der Waals surface area contributed by atoms with Crippen LogP contribution in [-0.2, 0) is 12.8 Å². The van der Waals surface area contributed by atoms with Crippen LogP contribution in [0.2, 0.25) is 0 Å². The molecule has 2 aromatic rings. The van der Waals surface area contributed by atoms with E-state index >= 15 is 0 Å². The zero-order valence-electron chi connectivity index (χ0n) is 11.7. The van der Waals surface area contributed by atoms with Crippen molar-refractivity contribution >= 4 is 27.3 Å². The Labute approximate surface area is 132 Å². The lowest BCUT2D eigenvalue weighted by Crippen LogP contribution is -2.29. The molecule has 0 saturated carbocycles. The molecular formula is C15H18BrN3S. The van der Waals surface area contributed by atoms with Crippen LogP contribution in [-0.4, -0.2) is 16.0 Å². The first kappa shape index (κ1) is 14.2. The highest BCUT2D eigenvalue weighted by Crippen LogP contribution is 2.33. The van der Waals surface area contributed by atoms with E-state index in [-0.39, 0.29) is 6.04 Å². The smallest absolute Gasteiger partial charge is 0.115 e. The highest BCUT2D eigenvalue weighted by molar-refractivity contribution is 9.10. The minimum atomic E-state index is 0.135. The molecule has 5 heteroatoms. The van der Waals surface area contributed by atoms with Gasteiger partial charge in [0, 0.05) is 27.8 Å². The molecule has 20 heavy (non-hydrogen) atoms. The molecule has 2 aromatic heterocycles. The van der Waals surface area contributed by atoms with E-state index in [9.17, 15) is 0 Å². The SMILES string of the molecule is CC(C)NC(c1cncc(Br)c1)c1nc2c(s1)CCC2. The summed E-state index contributed by atoms with van der Waals surface area (Å²) >= 11 is 5.36. The van der Waals surface area contributed by atoms with E-state index in [1.54, 1.807) is 0 Å². The van der Waals surface area contributed by atoms with E-state index < -0.39 is 0 Å². The Morgan fingerprint density at radius 3 is 2.85 bits per heavy atom. The van der Waals surface area contributed by atoms with Gasteiger partial charge in [-0.05, 0) is 60.7 Å². The summed E-state index contributed by atoms with van der Waals surface area (Å²) in [6, 6.07) is 2.66.